The lowest BCUT2D eigenvalue weighted by Crippen LogP contribution is -2.38. The highest BCUT2D eigenvalue weighted by Crippen LogP contribution is 2.34. The molecule has 2 aliphatic rings. The first-order valence-corrected chi connectivity index (χ1v) is 11.4. The molecule has 5 heteroatoms. The maximum Gasteiger partial charge on any atom is 0.255 e. The largest absolute Gasteiger partial charge is 0.492 e. The third-order valence-corrected chi connectivity index (χ3v) is 6.50. The van der Waals surface area contributed by atoms with E-state index in [1.165, 1.54) is 24.0 Å². The minimum absolute atomic E-state index is 0.0891. The first-order chi connectivity index (χ1) is 15.0. The van der Waals surface area contributed by atoms with Crippen LogP contribution in [-0.4, -0.2) is 50.3 Å². The molecule has 0 unspecified atom stereocenters. The van der Waals surface area contributed by atoms with Crippen molar-refractivity contribution in [3.8, 4) is 5.75 Å². The van der Waals surface area contributed by atoms with Gasteiger partial charge in [0, 0.05) is 30.9 Å². The van der Waals surface area contributed by atoms with Crippen molar-refractivity contribution in [2.45, 2.75) is 39.5 Å². The van der Waals surface area contributed by atoms with Crippen LogP contribution < -0.4 is 10.1 Å². The summed E-state index contributed by atoms with van der Waals surface area (Å²) >= 11 is 0. The summed E-state index contributed by atoms with van der Waals surface area (Å²) in [6.07, 6.45) is 4.59. The number of amides is 1. The molecular weight excluding hydrogens is 388 g/mol. The molecule has 1 saturated heterocycles. The molecule has 0 saturated carbocycles. The molecule has 1 aliphatic heterocycles. The third-order valence-electron chi connectivity index (χ3n) is 6.50. The van der Waals surface area contributed by atoms with Crippen LogP contribution in [0.1, 0.15) is 48.2 Å². The summed E-state index contributed by atoms with van der Waals surface area (Å²) in [5.74, 6) is 0.700. The Hall–Kier alpha value is -2.37. The van der Waals surface area contributed by atoms with Crippen molar-refractivity contribution in [2.24, 2.45) is 5.41 Å². The fourth-order valence-electron chi connectivity index (χ4n) is 4.27. The average molecular weight is 423 g/mol. The summed E-state index contributed by atoms with van der Waals surface area (Å²) in [6.45, 7) is 9.73. The predicted octanol–water partition coefficient (Wildman–Crippen LogP) is 4.55. The van der Waals surface area contributed by atoms with Crippen LogP contribution in [-0.2, 0) is 17.6 Å². The molecule has 5 nitrogen and oxygen atoms in total. The van der Waals surface area contributed by atoms with Crippen molar-refractivity contribution >= 4 is 11.6 Å². The van der Waals surface area contributed by atoms with Crippen LogP contribution in [0.5, 0.6) is 5.75 Å². The number of morpholine rings is 1. The molecule has 2 aromatic carbocycles. The first kappa shape index (κ1) is 21.8. The van der Waals surface area contributed by atoms with Gasteiger partial charge in [0.15, 0.2) is 0 Å². The van der Waals surface area contributed by atoms with E-state index in [0.29, 0.717) is 17.6 Å². The number of aryl methyl sites for hydroxylation is 2. The number of fused-ring (bicyclic) bond motifs is 1. The monoisotopic (exact) mass is 422 g/mol. The Labute approximate surface area is 185 Å². The number of nitrogens with one attached hydrogen (secondary N) is 1. The lowest BCUT2D eigenvalue weighted by molar-refractivity contribution is 0.0322. The standard InChI is InChI=1S/C26H34N2O3/c1-26(2)11-9-20-3-6-23(19-22(20)10-12-26)27-25(29)21-4-7-24(8-5-21)31-18-15-28-13-16-30-17-14-28/h3-8,19H,9-18H2,1-2H3,(H,27,29). The molecule has 0 bridgehead atoms. The highest BCUT2D eigenvalue weighted by molar-refractivity contribution is 6.04. The molecule has 1 fully saturated rings. The molecule has 0 aromatic heterocycles. The highest BCUT2D eigenvalue weighted by atomic mass is 16.5. The van der Waals surface area contributed by atoms with Crippen molar-refractivity contribution in [1.82, 2.24) is 4.90 Å². The number of hydrogen-bond acceptors (Lipinski definition) is 4. The molecule has 1 N–H and O–H groups in total. The molecule has 1 aliphatic carbocycles. The number of hydrogen-bond donors (Lipinski definition) is 1. The maximum absolute atomic E-state index is 12.7. The molecule has 0 spiro atoms. The summed E-state index contributed by atoms with van der Waals surface area (Å²) in [4.78, 5) is 15.1. The van der Waals surface area contributed by atoms with Crippen LogP contribution in [0.2, 0.25) is 0 Å². The van der Waals surface area contributed by atoms with E-state index in [1.54, 1.807) is 0 Å². The van der Waals surface area contributed by atoms with Crippen molar-refractivity contribution < 1.29 is 14.3 Å². The van der Waals surface area contributed by atoms with Crippen LogP contribution in [0, 0.1) is 5.41 Å². The van der Waals surface area contributed by atoms with Gasteiger partial charge in [-0.05, 0) is 78.6 Å². The zero-order chi connectivity index (χ0) is 21.7. The number of benzene rings is 2. The van der Waals surface area contributed by atoms with Gasteiger partial charge < -0.3 is 14.8 Å². The molecule has 0 radical (unpaired) electrons. The quantitative estimate of drug-likeness (QED) is 0.694. The molecule has 1 heterocycles. The van der Waals surface area contributed by atoms with E-state index < -0.39 is 0 Å². The van der Waals surface area contributed by atoms with Crippen LogP contribution in [0.15, 0.2) is 42.5 Å². The van der Waals surface area contributed by atoms with Crippen molar-refractivity contribution in [3.63, 3.8) is 0 Å². The van der Waals surface area contributed by atoms with Crippen molar-refractivity contribution in [2.75, 3.05) is 44.8 Å². The summed E-state index contributed by atoms with van der Waals surface area (Å²) in [5.41, 5.74) is 4.68. The third kappa shape index (κ3) is 6.08. The molecule has 2 aromatic rings. The highest BCUT2D eigenvalue weighted by Gasteiger charge is 2.22. The minimum Gasteiger partial charge on any atom is -0.492 e. The smallest absolute Gasteiger partial charge is 0.255 e. The second-order valence-corrected chi connectivity index (χ2v) is 9.43. The Bertz CT molecular complexity index is 886. The number of carbonyl (C=O) groups excluding carboxylic acids is 1. The second-order valence-electron chi connectivity index (χ2n) is 9.43. The van der Waals surface area contributed by atoms with E-state index in [4.69, 9.17) is 9.47 Å². The summed E-state index contributed by atoms with van der Waals surface area (Å²) in [5, 5.41) is 3.06. The zero-order valence-corrected chi connectivity index (χ0v) is 18.8. The van der Waals surface area contributed by atoms with E-state index in [0.717, 1.165) is 57.1 Å². The van der Waals surface area contributed by atoms with Gasteiger partial charge in [-0.25, -0.2) is 0 Å². The van der Waals surface area contributed by atoms with E-state index in [1.807, 2.05) is 30.3 Å². The van der Waals surface area contributed by atoms with E-state index >= 15 is 0 Å². The Morgan fingerprint density at radius 2 is 1.74 bits per heavy atom. The Morgan fingerprint density at radius 3 is 2.48 bits per heavy atom. The maximum atomic E-state index is 12.7. The topological polar surface area (TPSA) is 50.8 Å². The van der Waals surface area contributed by atoms with Gasteiger partial charge >= 0.3 is 0 Å². The molecule has 166 valence electrons. The number of ether oxygens (including phenoxy) is 2. The van der Waals surface area contributed by atoms with E-state index in [2.05, 4.69) is 36.2 Å². The van der Waals surface area contributed by atoms with Crippen molar-refractivity contribution in [3.05, 3.63) is 59.2 Å². The number of carbonyl (C=O) groups is 1. The van der Waals surface area contributed by atoms with Crippen LogP contribution in [0.25, 0.3) is 0 Å². The lowest BCUT2D eigenvalue weighted by atomic mass is 9.85. The summed E-state index contributed by atoms with van der Waals surface area (Å²) in [7, 11) is 0. The van der Waals surface area contributed by atoms with Gasteiger partial charge in [-0.15, -0.1) is 0 Å². The molecule has 1 amide bonds. The number of nitrogens with zero attached hydrogens (tertiary/aromatic N) is 1. The van der Waals surface area contributed by atoms with Gasteiger partial charge in [-0.3, -0.25) is 9.69 Å². The fourth-order valence-corrected chi connectivity index (χ4v) is 4.27. The van der Waals surface area contributed by atoms with Gasteiger partial charge in [-0.2, -0.15) is 0 Å². The molecule has 31 heavy (non-hydrogen) atoms. The second kappa shape index (κ2) is 9.84. The summed E-state index contributed by atoms with van der Waals surface area (Å²) in [6, 6.07) is 13.7. The summed E-state index contributed by atoms with van der Waals surface area (Å²) < 4.78 is 11.2. The van der Waals surface area contributed by atoms with Crippen LogP contribution >= 0.6 is 0 Å². The van der Waals surface area contributed by atoms with Crippen LogP contribution in [0.3, 0.4) is 0 Å². The van der Waals surface area contributed by atoms with Gasteiger partial charge in [-0.1, -0.05) is 19.9 Å². The average Bonchev–Trinajstić information content (AvgIpc) is 2.93. The van der Waals surface area contributed by atoms with E-state index in [-0.39, 0.29) is 5.91 Å². The van der Waals surface area contributed by atoms with Crippen LogP contribution in [0.4, 0.5) is 5.69 Å². The Balaban J connectivity index is 1.30. The van der Waals surface area contributed by atoms with E-state index in [9.17, 15) is 4.79 Å². The number of anilines is 1. The van der Waals surface area contributed by atoms with Gasteiger partial charge in [0.2, 0.25) is 0 Å². The predicted molar refractivity (Wildman–Crippen MR) is 124 cm³/mol. The van der Waals surface area contributed by atoms with Gasteiger partial charge in [0.25, 0.3) is 5.91 Å². The molecule has 4 rings (SSSR count). The van der Waals surface area contributed by atoms with Gasteiger partial charge in [0.1, 0.15) is 12.4 Å². The Kier molecular flexibility index (Phi) is 6.93. The molecule has 0 atom stereocenters. The number of rotatable bonds is 6. The SMILES string of the molecule is CC1(C)CCc2ccc(NC(=O)c3ccc(OCCN4CCOCC4)cc3)cc2CC1. The Morgan fingerprint density at radius 1 is 1.03 bits per heavy atom. The lowest BCUT2D eigenvalue weighted by Gasteiger charge is -2.26. The minimum atomic E-state index is -0.0891. The fraction of sp³-hybridized carbons (Fsp3) is 0.500. The van der Waals surface area contributed by atoms with Crippen molar-refractivity contribution in [1.29, 1.82) is 0 Å². The normalized spacial score (nSPS) is 18.6. The molecular formula is C26H34N2O3. The first-order valence-electron chi connectivity index (χ1n) is 11.4. The zero-order valence-electron chi connectivity index (χ0n) is 18.8. The van der Waals surface area contributed by atoms with Gasteiger partial charge in [0.05, 0.1) is 13.2 Å².